The van der Waals surface area contributed by atoms with Crippen LogP contribution in [0.2, 0.25) is 19.1 Å². The van der Waals surface area contributed by atoms with Gasteiger partial charge in [-0.05, 0) is 24.1 Å². The molecule has 1 N–H and O–H groups in total. The van der Waals surface area contributed by atoms with E-state index in [1.54, 1.807) is 12.1 Å². The van der Waals surface area contributed by atoms with E-state index >= 15 is 0 Å². The molecule has 0 radical (unpaired) electrons. The number of hydrogen-bond acceptors (Lipinski definition) is 1. The van der Waals surface area contributed by atoms with Gasteiger partial charge < -0.3 is 5.11 Å². The van der Waals surface area contributed by atoms with E-state index in [-0.39, 0.29) is 8.80 Å². The molecule has 1 rings (SSSR count). The summed E-state index contributed by atoms with van der Waals surface area (Å²) in [4.78, 5) is 0. The smallest absolute Gasteiger partial charge is 0.115 e. The summed E-state index contributed by atoms with van der Waals surface area (Å²) in [6.07, 6.45) is 2.46. The molecule has 0 atom stereocenters. The van der Waals surface area contributed by atoms with E-state index in [4.69, 9.17) is 5.11 Å². The number of rotatable bonds is 4. The van der Waals surface area contributed by atoms with Crippen LogP contribution in [0.3, 0.4) is 0 Å². The standard InChI is InChI=1S/C11H18OSi/c1-13(2)9-3-4-10-5-7-11(12)8-6-10/h5-8,12-13H,3-4,9H2,1-2H3. The molecule has 1 aromatic carbocycles. The molecule has 13 heavy (non-hydrogen) atoms. The van der Waals surface area contributed by atoms with Gasteiger partial charge in [-0.25, -0.2) is 0 Å². The molecule has 0 fully saturated rings. The lowest BCUT2D eigenvalue weighted by Crippen LogP contribution is -1.99. The van der Waals surface area contributed by atoms with Crippen molar-refractivity contribution in [3.05, 3.63) is 29.8 Å². The zero-order chi connectivity index (χ0) is 9.68. The van der Waals surface area contributed by atoms with Crippen molar-refractivity contribution in [1.82, 2.24) is 0 Å². The average molecular weight is 194 g/mol. The number of phenols is 1. The maximum atomic E-state index is 9.08. The second-order valence-corrected chi connectivity index (χ2v) is 7.32. The van der Waals surface area contributed by atoms with Crippen molar-refractivity contribution in [3.8, 4) is 5.75 Å². The zero-order valence-corrected chi connectivity index (χ0v) is 9.61. The number of phenolic OH excluding ortho intramolecular Hbond substituents is 1. The van der Waals surface area contributed by atoms with E-state index in [9.17, 15) is 0 Å². The van der Waals surface area contributed by atoms with E-state index in [2.05, 4.69) is 13.1 Å². The summed E-state index contributed by atoms with van der Waals surface area (Å²) in [6.45, 7) is 4.77. The Balaban J connectivity index is 2.33. The van der Waals surface area contributed by atoms with E-state index in [1.165, 1.54) is 18.0 Å². The summed E-state index contributed by atoms with van der Waals surface area (Å²) < 4.78 is 0. The Labute approximate surface area is 82.0 Å². The lowest BCUT2D eigenvalue weighted by Gasteiger charge is -2.03. The van der Waals surface area contributed by atoms with Gasteiger partial charge in [0.2, 0.25) is 0 Å². The molecule has 0 aliphatic rings. The third-order valence-corrected chi connectivity index (χ3v) is 3.75. The zero-order valence-electron chi connectivity index (χ0n) is 8.46. The van der Waals surface area contributed by atoms with Gasteiger partial charge in [-0.3, -0.25) is 0 Å². The van der Waals surface area contributed by atoms with E-state index in [1.807, 2.05) is 12.1 Å². The normalized spacial score (nSPS) is 10.7. The summed E-state index contributed by atoms with van der Waals surface area (Å²) in [5.41, 5.74) is 1.34. The SMILES string of the molecule is C[SiH](C)CCCc1ccc(O)cc1. The second kappa shape index (κ2) is 5.07. The molecular weight excluding hydrogens is 176 g/mol. The van der Waals surface area contributed by atoms with Crippen LogP contribution in [0.15, 0.2) is 24.3 Å². The Morgan fingerprint density at radius 1 is 1.15 bits per heavy atom. The highest BCUT2D eigenvalue weighted by molar-refractivity contribution is 6.55. The molecule has 0 unspecified atom stereocenters. The first-order valence-corrected chi connectivity index (χ1v) is 8.09. The molecule has 0 spiro atoms. The minimum absolute atomic E-state index is 0.363. The van der Waals surface area contributed by atoms with Crippen LogP contribution in [0.25, 0.3) is 0 Å². The quantitative estimate of drug-likeness (QED) is 0.731. The van der Waals surface area contributed by atoms with E-state index in [0.717, 1.165) is 6.42 Å². The van der Waals surface area contributed by atoms with Crippen molar-refractivity contribution in [2.75, 3.05) is 0 Å². The van der Waals surface area contributed by atoms with Gasteiger partial charge in [0, 0.05) is 8.80 Å². The van der Waals surface area contributed by atoms with Gasteiger partial charge in [-0.2, -0.15) is 0 Å². The average Bonchev–Trinajstić information content (AvgIpc) is 2.08. The molecule has 2 heteroatoms. The monoisotopic (exact) mass is 194 g/mol. The molecule has 0 aromatic heterocycles. The minimum Gasteiger partial charge on any atom is -0.508 e. The third-order valence-electron chi connectivity index (χ3n) is 2.18. The lowest BCUT2D eigenvalue weighted by molar-refractivity contribution is 0.475. The topological polar surface area (TPSA) is 20.2 Å². The van der Waals surface area contributed by atoms with Crippen LogP contribution < -0.4 is 0 Å². The van der Waals surface area contributed by atoms with Crippen molar-refractivity contribution in [2.24, 2.45) is 0 Å². The van der Waals surface area contributed by atoms with E-state index < -0.39 is 0 Å². The third kappa shape index (κ3) is 4.13. The molecule has 0 saturated heterocycles. The highest BCUT2D eigenvalue weighted by Gasteiger charge is 1.97. The molecule has 0 aliphatic heterocycles. The second-order valence-electron chi connectivity index (χ2n) is 3.95. The predicted molar refractivity (Wildman–Crippen MR) is 60.1 cm³/mol. The maximum Gasteiger partial charge on any atom is 0.115 e. The molecule has 1 nitrogen and oxygen atoms in total. The first kappa shape index (κ1) is 10.3. The molecule has 0 saturated carbocycles. The maximum absolute atomic E-state index is 9.08. The first-order valence-electron chi connectivity index (χ1n) is 4.96. The van der Waals surface area contributed by atoms with Crippen molar-refractivity contribution in [1.29, 1.82) is 0 Å². The van der Waals surface area contributed by atoms with Crippen LogP contribution in [0.1, 0.15) is 12.0 Å². The molecule has 0 amide bonds. The molecule has 0 aliphatic carbocycles. The van der Waals surface area contributed by atoms with Gasteiger partial charge >= 0.3 is 0 Å². The van der Waals surface area contributed by atoms with E-state index in [0.29, 0.717) is 5.75 Å². The molecular formula is C11H18OSi. The summed E-state index contributed by atoms with van der Waals surface area (Å²) >= 11 is 0. The highest BCUT2D eigenvalue weighted by Crippen LogP contribution is 2.12. The fraction of sp³-hybridized carbons (Fsp3) is 0.455. The van der Waals surface area contributed by atoms with Crippen LogP contribution in [-0.4, -0.2) is 13.9 Å². The van der Waals surface area contributed by atoms with Crippen molar-refractivity contribution in [2.45, 2.75) is 32.0 Å². The van der Waals surface area contributed by atoms with Crippen LogP contribution >= 0.6 is 0 Å². The Kier molecular flexibility index (Phi) is 4.03. The number of hydrogen-bond donors (Lipinski definition) is 1. The van der Waals surface area contributed by atoms with Gasteiger partial charge in [0.05, 0.1) is 0 Å². The van der Waals surface area contributed by atoms with Crippen LogP contribution in [-0.2, 0) is 6.42 Å². The number of aromatic hydroxyl groups is 1. The largest absolute Gasteiger partial charge is 0.508 e. The van der Waals surface area contributed by atoms with Gasteiger partial charge in [0.15, 0.2) is 0 Å². The molecule has 1 aromatic rings. The Hall–Kier alpha value is -0.763. The van der Waals surface area contributed by atoms with Crippen molar-refractivity contribution in [3.63, 3.8) is 0 Å². The highest BCUT2D eigenvalue weighted by atomic mass is 28.3. The van der Waals surface area contributed by atoms with Gasteiger partial charge in [-0.15, -0.1) is 0 Å². The lowest BCUT2D eigenvalue weighted by atomic mass is 10.1. The Bertz CT molecular complexity index is 241. The van der Waals surface area contributed by atoms with Crippen LogP contribution in [0.4, 0.5) is 0 Å². The van der Waals surface area contributed by atoms with Gasteiger partial charge in [0.1, 0.15) is 5.75 Å². The first-order chi connectivity index (χ1) is 6.18. The Morgan fingerprint density at radius 2 is 1.77 bits per heavy atom. The molecule has 0 bridgehead atoms. The summed E-state index contributed by atoms with van der Waals surface area (Å²) in [5.74, 6) is 0.363. The fourth-order valence-corrected chi connectivity index (χ4v) is 2.40. The number of benzene rings is 1. The fourth-order valence-electron chi connectivity index (χ4n) is 1.38. The Morgan fingerprint density at radius 3 is 2.31 bits per heavy atom. The molecule has 0 heterocycles. The van der Waals surface area contributed by atoms with Crippen LogP contribution in [0.5, 0.6) is 5.75 Å². The van der Waals surface area contributed by atoms with Gasteiger partial charge in [0.25, 0.3) is 0 Å². The van der Waals surface area contributed by atoms with Crippen molar-refractivity contribution >= 4 is 8.80 Å². The summed E-state index contributed by atoms with van der Waals surface area (Å²) in [5, 5.41) is 9.08. The van der Waals surface area contributed by atoms with Crippen LogP contribution in [0, 0.1) is 0 Å². The summed E-state index contributed by atoms with van der Waals surface area (Å²) in [7, 11) is -0.371. The van der Waals surface area contributed by atoms with Gasteiger partial charge in [-0.1, -0.05) is 37.7 Å². The predicted octanol–water partition coefficient (Wildman–Crippen LogP) is 2.81. The summed E-state index contributed by atoms with van der Waals surface area (Å²) in [6, 6.07) is 8.97. The minimum atomic E-state index is -0.371. The van der Waals surface area contributed by atoms with Crippen molar-refractivity contribution < 1.29 is 5.11 Å². The molecule has 72 valence electrons. The number of aryl methyl sites for hydroxylation is 1.